The van der Waals surface area contributed by atoms with E-state index in [9.17, 15) is 0 Å². The lowest BCUT2D eigenvalue weighted by molar-refractivity contribution is 1.70. The molecule has 0 aromatic heterocycles. The van der Waals surface area contributed by atoms with Gasteiger partial charge in [-0.2, -0.15) is 0 Å². The van der Waals surface area contributed by atoms with Gasteiger partial charge in [-0.1, -0.05) is 127 Å². The van der Waals surface area contributed by atoms with Crippen molar-refractivity contribution in [2.75, 3.05) is 0 Å². The molecule has 0 fully saturated rings. The molecule has 13 aromatic rings. The van der Waals surface area contributed by atoms with Gasteiger partial charge in [0.05, 0.1) is 0 Å². The fraction of sp³-hybridized carbons (Fsp3) is 0. The Labute approximate surface area is 301 Å². The van der Waals surface area contributed by atoms with Gasteiger partial charge in [-0.25, -0.2) is 0 Å². The maximum absolute atomic E-state index is 4.15. The van der Waals surface area contributed by atoms with E-state index < -0.39 is 0 Å². The van der Waals surface area contributed by atoms with Gasteiger partial charge in [0.1, 0.15) is 0 Å². The molecule has 0 nitrogen and oxygen atoms in total. The van der Waals surface area contributed by atoms with E-state index in [1.807, 2.05) is 0 Å². The SMILES string of the molecule is Brc1ccc2c(c1Br)c1c3ccccc3c3c4ccccc4c4c5ccccc5c5c6ccccc6c6c7ccccc7c2c2c6c5c4c3c12. The molecule has 0 aliphatic rings. The van der Waals surface area contributed by atoms with Gasteiger partial charge in [0.2, 0.25) is 0 Å². The van der Waals surface area contributed by atoms with Crippen molar-refractivity contribution in [1.29, 1.82) is 0 Å². The topological polar surface area (TPSA) is 0 Å². The highest BCUT2D eigenvalue weighted by molar-refractivity contribution is 9.13. The summed E-state index contributed by atoms with van der Waals surface area (Å²) in [4.78, 5) is 0. The zero-order chi connectivity index (χ0) is 32.6. The van der Waals surface area contributed by atoms with Crippen molar-refractivity contribution >= 4 is 161 Å². The van der Waals surface area contributed by atoms with Crippen LogP contribution in [0.15, 0.2) is 142 Å². The second kappa shape index (κ2) is 8.89. The lowest BCUT2D eigenvalue weighted by atomic mass is 9.74. The van der Waals surface area contributed by atoms with Crippen molar-refractivity contribution < 1.29 is 0 Å². The number of fused-ring (bicyclic) bond motifs is 18. The summed E-state index contributed by atoms with van der Waals surface area (Å²) in [6, 6.07) is 50.4. The summed E-state index contributed by atoms with van der Waals surface area (Å²) in [7, 11) is 0. The van der Waals surface area contributed by atoms with Crippen LogP contribution in [0.3, 0.4) is 0 Å². The van der Waals surface area contributed by atoms with Crippen molar-refractivity contribution in [3.05, 3.63) is 142 Å². The van der Waals surface area contributed by atoms with Crippen LogP contribution in [0.4, 0.5) is 0 Å². The molecule has 0 atom stereocenters. The molecule has 0 saturated heterocycles. The van der Waals surface area contributed by atoms with Gasteiger partial charge < -0.3 is 0 Å². The molecule has 13 aromatic carbocycles. The van der Waals surface area contributed by atoms with Crippen LogP contribution in [0.1, 0.15) is 0 Å². The summed E-state index contributed by atoms with van der Waals surface area (Å²) in [5, 5.41) is 32.2. The van der Waals surface area contributed by atoms with E-state index in [0.717, 1.165) is 8.95 Å². The van der Waals surface area contributed by atoms with Gasteiger partial charge >= 0.3 is 0 Å². The summed E-state index contributed by atoms with van der Waals surface area (Å²) < 4.78 is 2.18. The second-order valence-electron chi connectivity index (χ2n) is 14.0. The van der Waals surface area contributed by atoms with Crippen molar-refractivity contribution in [3.8, 4) is 0 Å². The van der Waals surface area contributed by atoms with E-state index in [0.29, 0.717) is 0 Å². The fourth-order valence-corrected chi connectivity index (χ4v) is 11.2. The van der Waals surface area contributed by atoms with Crippen LogP contribution in [0.2, 0.25) is 0 Å². The average Bonchev–Trinajstić information content (AvgIpc) is 3.17. The fourth-order valence-electron chi connectivity index (χ4n) is 10.3. The Morgan fingerprint density at radius 1 is 0.200 bits per heavy atom. The Morgan fingerprint density at radius 3 is 0.740 bits per heavy atom. The quantitative estimate of drug-likeness (QED) is 0.107. The standard InChI is InChI=1S/C48H22Br2/c49-34-22-21-33-39-30-18-8-7-17-29(30)37-26-14-4-2-12-24(26)35-23-11-1-3-13-25(23)36-27-15-5-6-16-28(27)38-31-19-9-10-20-32(31)40(41(33)48(34)50)47-45(38)43(36)42(35)44(37)46(39)47/h1-22H. The first-order chi connectivity index (χ1) is 24.7. The molecule has 0 bridgehead atoms. The highest BCUT2D eigenvalue weighted by atomic mass is 79.9. The maximum Gasteiger partial charge on any atom is 0.0402 e. The van der Waals surface area contributed by atoms with E-state index in [1.165, 1.54) is 129 Å². The minimum absolute atomic E-state index is 1.07. The summed E-state index contributed by atoms with van der Waals surface area (Å²) in [5.41, 5.74) is 0. The van der Waals surface area contributed by atoms with E-state index in [2.05, 4.69) is 165 Å². The third kappa shape index (κ3) is 2.81. The molecule has 0 aliphatic heterocycles. The molecular weight excluding hydrogens is 736 g/mol. The first kappa shape index (κ1) is 26.6. The molecule has 0 saturated carbocycles. The predicted molar refractivity (Wildman–Crippen MR) is 225 cm³/mol. The lowest BCUT2D eigenvalue weighted by Crippen LogP contribution is -1.99. The van der Waals surface area contributed by atoms with E-state index in [4.69, 9.17) is 0 Å². The van der Waals surface area contributed by atoms with Crippen LogP contribution in [0.5, 0.6) is 0 Å². The second-order valence-corrected chi connectivity index (χ2v) is 15.7. The van der Waals surface area contributed by atoms with Crippen molar-refractivity contribution in [2.24, 2.45) is 0 Å². The van der Waals surface area contributed by atoms with E-state index >= 15 is 0 Å². The van der Waals surface area contributed by atoms with Gasteiger partial charge in [0.25, 0.3) is 0 Å². The van der Waals surface area contributed by atoms with Crippen LogP contribution >= 0.6 is 31.9 Å². The molecule has 2 heteroatoms. The molecule has 0 unspecified atom stereocenters. The summed E-state index contributed by atoms with van der Waals surface area (Å²) in [5.74, 6) is 0. The van der Waals surface area contributed by atoms with Crippen molar-refractivity contribution in [3.63, 3.8) is 0 Å². The molecule has 13 rings (SSSR count). The third-order valence-electron chi connectivity index (χ3n) is 11.9. The van der Waals surface area contributed by atoms with Crippen LogP contribution in [-0.4, -0.2) is 0 Å². The monoisotopic (exact) mass is 756 g/mol. The van der Waals surface area contributed by atoms with E-state index in [-0.39, 0.29) is 0 Å². The minimum Gasteiger partial charge on any atom is -0.0616 e. The summed E-state index contributed by atoms with van der Waals surface area (Å²) in [6.45, 7) is 0. The van der Waals surface area contributed by atoms with Crippen LogP contribution in [0.25, 0.3) is 129 Å². The Balaban J connectivity index is 1.62. The average molecular weight is 759 g/mol. The summed E-state index contributed by atoms with van der Waals surface area (Å²) in [6.07, 6.45) is 0. The first-order valence-electron chi connectivity index (χ1n) is 17.2. The predicted octanol–water partition coefficient (Wildman–Crippen LogP) is 15.4. The summed E-state index contributed by atoms with van der Waals surface area (Å²) >= 11 is 8.09. The molecule has 50 heavy (non-hydrogen) atoms. The van der Waals surface area contributed by atoms with Crippen LogP contribution in [-0.2, 0) is 0 Å². The van der Waals surface area contributed by atoms with Crippen LogP contribution < -0.4 is 0 Å². The number of benzene rings is 13. The highest BCUT2D eigenvalue weighted by Crippen LogP contribution is 2.60. The number of halogens is 2. The zero-order valence-corrected chi connectivity index (χ0v) is 29.6. The van der Waals surface area contributed by atoms with Gasteiger partial charge in [0, 0.05) is 14.3 Å². The minimum atomic E-state index is 1.07. The number of hydrogen-bond acceptors (Lipinski definition) is 0. The number of hydrogen-bond donors (Lipinski definition) is 0. The lowest BCUT2D eigenvalue weighted by Gasteiger charge is -2.28. The van der Waals surface area contributed by atoms with Crippen molar-refractivity contribution in [2.45, 2.75) is 0 Å². The smallest absolute Gasteiger partial charge is 0.0402 e. The maximum atomic E-state index is 4.15. The molecule has 0 aliphatic carbocycles. The van der Waals surface area contributed by atoms with Gasteiger partial charge in [0.15, 0.2) is 0 Å². The van der Waals surface area contributed by atoms with E-state index in [1.54, 1.807) is 0 Å². The third-order valence-corrected chi connectivity index (χ3v) is 14.0. The number of rotatable bonds is 0. The zero-order valence-electron chi connectivity index (χ0n) is 26.5. The van der Waals surface area contributed by atoms with Crippen LogP contribution in [0, 0.1) is 0 Å². The molecule has 0 heterocycles. The molecule has 228 valence electrons. The largest absolute Gasteiger partial charge is 0.0616 e. The molecule has 0 spiro atoms. The Morgan fingerprint density at radius 2 is 0.440 bits per heavy atom. The normalized spacial score (nSPS) is 13.0. The van der Waals surface area contributed by atoms with Gasteiger partial charge in [-0.15, -0.1) is 0 Å². The Bertz CT molecular complexity index is 3550. The van der Waals surface area contributed by atoms with Gasteiger partial charge in [-0.3, -0.25) is 0 Å². The highest BCUT2D eigenvalue weighted by Gasteiger charge is 2.30. The molecule has 0 N–H and O–H groups in total. The molecule has 0 amide bonds. The first-order valence-corrected chi connectivity index (χ1v) is 18.8. The van der Waals surface area contributed by atoms with Gasteiger partial charge in [-0.05, 0) is 162 Å². The molecular formula is C48H22Br2. The Kier molecular flexibility index (Phi) is 4.73. The molecule has 0 radical (unpaired) electrons. The Hall–Kier alpha value is -5.28. The van der Waals surface area contributed by atoms with Crippen molar-refractivity contribution in [1.82, 2.24) is 0 Å².